The van der Waals surface area contributed by atoms with Gasteiger partial charge < -0.3 is 15.0 Å². The fourth-order valence-electron chi connectivity index (χ4n) is 3.05. The summed E-state index contributed by atoms with van der Waals surface area (Å²) >= 11 is 0. The minimum atomic E-state index is -0.254. The SMILES string of the molecule is CC1(C)CN(C(=O)c2cccc3c2NCCC3)CCO1. The zero-order valence-corrected chi connectivity index (χ0v) is 12.2. The van der Waals surface area contributed by atoms with E-state index in [0.717, 1.165) is 30.6 Å². The van der Waals surface area contributed by atoms with Gasteiger partial charge in [-0.2, -0.15) is 0 Å². The highest BCUT2D eigenvalue weighted by atomic mass is 16.5. The van der Waals surface area contributed by atoms with Crippen molar-refractivity contribution in [2.75, 3.05) is 31.6 Å². The van der Waals surface area contributed by atoms with E-state index in [1.165, 1.54) is 5.56 Å². The first-order valence-electron chi connectivity index (χ1n) is 7.36. The number of nitrogens with zero attached hydrogens (tertiary/aromatic N) is 1. The van der Waals surface area contributed by atoms with E-state index in [-0.39, 0.29) is 11.5 Å². The Balaban J connectivity index is 1.87. The molecule has 1 N–H and O–H groups in total. The average molecular weight is 274 g/mol. The van der Waals surface area contributed by atoms with Crippen LogP contribution in [0.5, 0.6) is 0 Å². The summed E-state index contributed by atoms with van der Waals surface area (Å²) in [6, 6.07) is 6.04. The number of benzene rings is 1. The second-order valence-electron chi connectivity index (χ2n) is 6.20. The maximum Gasteiger partial charge on any atom is 0.256 e. The Hall–Kier alpha value is -1.55. The van der Waals surface area contributed by atoms with Gasteiger partial charge in [-0.25, -0.2) is 0 Å². The number of fused-ring (bicyclic) bond motifs is 1. The third kappa shape index (κ3) is 2.52. The van der Waals surface area contributed by atoms with Crippen molar-refractivity contribution in [2.45, 2.75) is 32.3 Å². The largest absolute Gasteiger partial charge is 0.384 e. The Kier molecular flexibility index (Phi) is 3.42. The van der Waals surface area contributed by atoms with Gasteiger partial charge in [0.2, 0.25) is 0 Å². The third-order valence-corrected chi connectivity index (χ3v) is 4.02. The zero-order valence-electron chi connectivity index (χ0n) is 12.2. The lowest BCUT2D eigenvalue weighted by atomic mass is 9.98. The molecule has 1 amide bonds. The standard InChI is InChI=1S/C16H22N2O2/c1-16(2)11-18(9-10-20-16)15(19)13-7-3-5-12-6-4-8-17-14(12)13/h3,5,7,17H,4,6,8-11H2,1-2H3. The number of morpholine rings is 1. The third-order valence-electron chi connectivity index (χ3n) is 4.02. The van der Waals surface area contributed by atoms with Crippen LogP contribution in [0.2, 0.25) is 0 Å². The molecule has 1 saturated heterocycles. The second kappa shape index (κ2) is 5.09. The second-order valence-corrected chi connectivity index (χ2v) is 6.20. The molecule has 4 nitrogen and oxygen atoms in total. The number of hydrogen-bond donors (Lipinski definition) is 1. The summed E-state index contributed by atoms with van der Waals surface area (Å²) < 4.78 is 5.68. The molecule has 2 aliphatic rings. The van der Waals surface area contributed by atoms with Crippen LogP contribution in [0.25, 0.3) is 0 Å². The molecule has 4 heteroatoms. The minimum Gasteiger partial charge on any atom is -0.384 e. The van der Waals surface area contributed by atoms with E-state index in [0.29, 0.717) is 19.7 Å². The summed E-state index contributed by atoms with van der Waals surface area (Å²) in [7, 11) is 0. The summed E-state index contributed by atoms with van der Waals surface area (Å²) in [6.07, 6.45) is 2.19. The summed E-state index contributed by atoms with van der Waals surface area (Å²) in [5.41, 5.74) is 2.85. The van der Waals surface area contributed by atoms with Gasteiger partial charge in [0.25, 0.3) is 5.91 Å². The number of rotatable bonds is 1. The van der Waals surface area contributed by atoms with Crippen LogP contribution in [-0.4, -0.2) is 42.6 Å². The van der Waals surface area contributed by atoms with Gasteiger partial charge in [-0.05, 0) is 38.3 Å². The zero-order chi connectivity index (χ0) is 14.2. The molecule has 0 radical (unpaired) electrons. The molecule has 0 aliphatic carbocycles. The van der Waals surface area contributed by atoms with Crippen molar-refractivity contribution in [3.05, 3.63) is 29.3 Å². The lowest BCUT2D eigenvalue weighted by Crippen LogP contribution is -2.50. The topological polar surface area (TPSA) is 41.6 Å². The lowest BCUT2D eigenvalue weighted by Gasteiger charge is -2.38. The summed E-state index contributed by atoms with van der Waals surface area (Å²) in [6.45, 7) is 6.95. The van der Waals surface area contributed by atoms with Gasteiger partial charge in [-0.1, -0.05) is 12.1 Å². The van der Waals surface area contributed by atoms with E-state index in [4.69, 9.17) is 4.74 Å². The molecule has 20 heavy (non-hydrogen) atoms. The van der Waals surface area contributed by atoms with Crippen LogP contribution in [0.4, 0.5) is 5.69 Å². The highest BCUT2D eigenvalue weighted by molar-refractivity contribution is 6.00. The van der Waals surface area contributed by atoms with Gasteiger partial charge in [0.15, 0.2) is 0 Å². The Morgan fingerprint density at radius 1 is 1.40 bits per heavy atom. The van der Waals surface area contributed by atoms with E-state index in [9.17, 15) is 4.79 Å². The molecule has 3 rings (SSSR count). The molecule has 0 spiro atoms. The van der Waals surface area contributed by atoms with Crippen molar-refractivity contribution in [1.29, 1.82) is 0 Å². The molecule has 1 fully saturated rings. The van der Waals surface area contributed by atoms with E-state index >= 15 is 0 Å². The van der Waals surface area contributed by atoms with Gasteiger partial charge >= 0.3 is 0 Å². The fourth-order valence-corrected chi connectivity index (χ4v) is 3.05. The number of ether oxygens (including phenoxy) is 1. The Morgan fingerprint density at radius 2 is 2.25 bits per heavy atom. The number of nitrogens with one attached hydrogen (secondary N) is 1. The van der Waals surface area contributed by atoms with Crippen molar-refractivity contribution >= 4 is 11.6 Å². The van der Waals surface area contributed by atoms with Gasteiger partial charge in [0.1, 0.15) is 0 Å². The van der Waals surface area contributed by atoms with Crippen molar-refractivity contribution in [3.63, 3.8) is 0 Å². The fraction of sp³-hybridized carbons (Fsp3) is 0.562. The molecule has 0 aromatic heterocycles. The van der Waals surface area contributed by atoms with Crippen LogP contribution in [0.1, 0.15) is 36.2 Å². The molecular formula is C16H22N2O2. The molecule has 0 unspecified atom stereocenters. The predicted molar refractivity (Wildman–Crippen MR) is 79.2 cm³/mol. The number of anilines is 1. The van der Waals surface area contributed by atoms with Crippen LogP contribution < -0.4 is 5.32 Å². The first-order valence-corrected chi connectivity index (χ1v) is 7.36. The molecule has 2 heterocycles. The summed E-state index contributed by atoms with van der Waals surface area (Å²) in [5, 5.41) is 3.39. The highest BCUT2D eigenvalue weighted by Crippen LogP contribution is 2.28. The summed E-state index contributed by atoms with van der Waals surface area (Å²) in [4.78, 5) is 14.7. The molecule has 0 bridgehead atoms. The van der Waals surface area contributed by atoms with Crippen molar-refractivity contribution in [1.82, 2.24) is 4.90 Å². The number of carbonyl (C=O) groups is 1. The summed E-state index contributed by atoms with van der Waals surface area (Å²) in [5.74, 6) is 0.118. The van der Waals surface area contributed by atoms with Gasteiger partial charge in [0, 0.05) is 19.6 Å². The van der Waals surface area contributed by atoms with Crippen LogP contribution in [-0.2, 0) is 11.2 Å². The number of hydrogen-bond acceptors (Lipinski definition) is 3. The van der Waals surface area contributed by atoms with Crippen molar-refractivity contribution < 1.29 is 9.53 Å². The first kappa shape index (κ1) is 13.4. The Labute approximate surface area is 120 Å². The number of aryl methyl sites for hydroxylation is 1. The van der Waals surface area contributed by atoms with Crippen LogP contribution >= 0.6 is 0 Å². The molecular weight excluding hydrogens is 252 g/mol. The number of carbonyl (C=O) groups excluding carboxylic acids is 1. The molecule has 108 valence electrons. The number of amides is 1. The van der Waals surface area contributed by atoms with Crippen LogP contribution in [0.3, 0.4) is 0 Å². The smallest absolute Gasteiger partial charge is 0.256 e. The molecule has 0 saturated carbocycles. The maximum atomic E-state index is 12.8. The van der Waals surface area contributed by atoms with E-state index < -0.39 is 0 Å². The molecule has 2 aliphatic heterocycles. The van der Waals surface area contributed by atoms with Crippen LogP contribution in [0.15, 0.2) is 18.2 Å². The Bertz CT molecular complexity index is 525. The van der Waals surface area contributed by atoms with Gasteiger partial charge in [0.05, 0.1) is 23.5 Å². The number of para-hydroxylation sites is 1. The highest BCUT2D eigenvalue weighted by Gasteiger charge is 2.31. The minimum absolute atomic E-state index is 0.118. The van der Waals surface area contributed by atoms with Crippen LogP contribution in [0, 0.1) is 0 Å². The average Bonchev–Trinajstić information content (AvgIpc) is 2.45. The van der Waals surface area contributed by atoms with Gasteiger partial charge in [-0.3, -0.25) is 4.79 Å². The molecule has 1 aromatic rings. The monoisotopic (exact) mass is 274 g/mol. The Morgan fingerprint density at radius 3 is 3.05 bits per heavy atom. The van der Waals surface area contributed by atoms with Crippen molar-refractivity contribution in [2.24, 2.45) is 0 Å². The quantitative estimate of drug-likeness (QED) is 0.854. The molecule has 0 atom stereocenters. The van der Waals surface area contributed by atoms with Crippen molar-refractivity contribution in [3.8, 4) is 0 Å². The first-order chi connectivity index (χ1) is 9.57. The van der Waals surface area contributed by atoms with E-state index in [2.05, 4.69) is 11.4 Å². The lowest BCUT2D eigenvalue weighted by molar-refractivity contribution is -0.0763. The van der Waals surface area contributed by atoms with Gasteiger partial charge in [-0.15, -0.1) is 0 Å². The predicted octanol–water partition coefficient (Wildman–Crippen LogP) is 2.30. The maximum absolute atomic E-state index is 12.8. The van der Waals surface area contributed by atoms with E-state index in [1.54, 1.807) is 0 Å². The van der Waals surface area contributed by atoms with E-state index in [1.807, 2.05) is 30.9 Å². The normalized spacial score (nSPS) is 21.0. The molecule has 1 aromatic carbocycles.